The van der Waals surface area contributed by atoms with Gasteiger partial charge in [-0.1, -0.05) is 30.3 Å². The number of carbonyl (C=O) groups excluding carboxylic acids is 1. The maximum atomic E-state index is 12.4. The molecule has 0 fully saturated rings. The van der Waals surface area contributed by atoms with Crippen molar-refractivity contribution in [1.29, 1.82) is 0 Å². The Kier molecular flexibility index (Phi) is 5.68. The van der Waals surface area contributed by atoms with Crippen LogP contribution in [0.15, 0.2) is 48.5 Å². The standard InChI is InChI=1S/C20H23NO4/c1-14(20(23)15-5-3-2-4-6-15)21-10-9-17(22)16-7-8-18-19(13-16)25-12-11-24-18/h2-8,13-14,20-21,23H,9-12H2,1H3. The highest BCUT2D eigenvalue weighted by Gasteiger charge is 2.17. The van der Waals surface area contributed by atoms with Crippen LogP contribution < -0.4 is 14.8 Å². The van der Waals surface area contributed by atoms with Crippen LogP contribution in [0.25, 0.3) is 0 Å². The van der Waals surface area contributed by atoms with Gasteiger partial charge in [0, 0.05) is 24.6 Å². The van der Waals surface area contributed by atoms with Crippen molar-refractivity contribution in [2.24, 2.45) is 0 Å². The van der Waals surface area contributed by atoms with Crippen LogP contribution in [0.2, 0.25) is 0 Å². The van der Waals surface area contributed by atoms with Crippen molar-refractivity contribution in [1.82, 2.24) is 5.32 Å². The number of aliphatic hydroxyl groups excluding tert-OH is 1. The van der Waals surface area contributed by atoms with Crippen LogP contribution in [0, 0.1) is 0 Å². The zero-order valence-electron chi connectivity index (χ0n) is 14.3. The Hall–Kier alpha value is -2.37. The molecule has 2 aromatic rings. The minimum atomic E-state index is -0.606. The number of nitrogens with one attached hydrogen (secondary N) is 1. The maximum Gasteiger partial charge on any atom is 0.164 e. The molecule has 2 atom stereocenters. The van der Waals surface area contributed by atoms with E-state index in [1.807, 2.05) is 37.3 Å². The second-order valence-corrected chi connectivity index (χ2v) is 6.13. The van der Waals surface area contributed by atoms with Crippen molar-refractivity contribution in [3.8, 4) is 11.5 Å². The molecule has 5 nitrogen and oxygen atoms in total. The van der Waals surface area contributed by atoms with E-state index in [0.29, 0.717) is 43.2 Å². The summed E-state index contributed by atoms with van der Waals surface area (Å²) in [5.41, 5.74) is 1.47. The van der Waals surface area contributed by atoms with E-state index < -0.39 is 6.10 Å². The minimum Gasteiger partial charge on any atom is -0.486 e. The molecule has 0 amide bonds. The molecular formula is C20H23NO4. The number of ether oxygens (including phenoxy) is 2. The highest BCUT2D eigenvalue weighted by Crippen LogP contribution is 2.31. The quantitative estimate of drug-likeness (QED) is 0.758. The van der Waals surface area contributed by atoms with Gasteiger partial charge < -0.3 is 19.9 Å². The van der Waals surface area contributed by atoms with Gasteiger partial charge in [0.1, 0.15) is 13.2 Å². The Morgan fingerprint density at radius 3 is 2.60 bits per heavy atom. The lowest BCUT2D eigenvalue weighted by molar-refractivity contribution is 0.0971. The Labute approximate surface area is 147 Å². The van der Waals surface area contributed by atoms with Gasteiger partial charge in [0.05, 0.1) is 6.10 Å². The zero-order chi connectivity index (χ0) is 17.6. The van der Waals surface area contributed by atoms with Crippen LogP contribution in [-0.4, -0.2) is 36.7 Å². The van der Waals surface area contributed by atoms with Gasteiger partial charge >= 0.3 is 0 Å². The smallest absolute Gasteiger partial charge is 0.164 e. The average molecular weight is 341 g/mol. The normalized spacial score (nSPS) is 15.4. The van der Waals surface area contributed by atoms with Crippen LogP contribution in [0.3, 0.4) is 0 Å². The van der Waals surface area contributed by atoms with Crippen molar-refractivity contribution < 1.29 is 19.4 Å². The molecule has 3 rings (SSSR count). The molecule has 132 valence electrons. The Morgan fingerprint density at radius 2 is 1.84 bits per heavy atom. The van der Waals surface area contributed by atoms with Crippen molar-refractivity contribution >= 4 is 5.78 Å². The first-order chi connectivity index (χ1) is 12.1. The van der Waals surface area contributed by atoms with Crippen LogP contribution in [-0.2, 0) is 0 Å². The molecule has 2 N–H and O–H groups in total. The second-order valence-electron chi connectivity index (χ2n) is 6.13. The number of carbonyl (C=O) groups is 1. The summed E-state index contributed by atoms with van der Waals surface area (Å²) in [7, 11) is 0. The predicted octanol–water partition coefficient (Wildman–Crippen LogP) is 2.74. The lowest BCUT2D eigenvalue weighted by atomic mass is 10.0. The molecule has 2 unspecified atom stereocenters. The zero-order valence-corrected chi connectivity index (χ0v) is 14.3. The summed E-state index contributed by atoms with van der Waals surface area (Å²) in [5, 5.41) is 13.5. The van der Waals surface area contributed by atoms with Gasteiger partial charge in [0.25, 0.3) is 0 Å². The van der Waals surface area contributed by atoms with Gasteiger partial charge in [-0.05, 0) is 30.7 Å². The van der Waals surface area contributed by atoms with E-state index in [-0.39, 0.29) is 11.8 Å². The molecule has 1 heterocycles. The highest BCUT2D eigenvalue weighted by molar-refractivity contribution is 5.96. The molecule has 0 spiro atoms. The number of aliphatic hydroxyl groups is 1. The number of hydrogen-bond donors (Lipinski definition) is 2. The third kappa shape index (κ3) is 4.38. The van der Waals surface area contributed by atoms with Crippen molar-refractivity contribution in [2.45, 2.75) is 25.5 Å². The molecule has 0 aromatic heterocycles. The summed E-state index contributed by atoms with van der Waals surface area (Å²) in [6.07, 6.45) is -0.253. The van der Waals surface area contributed by atoms with E-state index in [9.17, 15) is 9.90 Å². The summed E-state index contributed by atoms with van der Waals surface area (Å²) in [6.45, 7) is 3.44. The molecule has 0 saturated carbocycles. The van der Waals surface area contributed by atoms with Gasteiger partial charge in [-0.2, -0.15) is 0 Å². The fourth-order valence-corrected chi connectivity index (χ4v) is 2.83. The number of hydrogen-bond acceptors (Lipinski definition) is 5. The molecule has 0 aliphatic carbocycles. The van der Waals surface area contributed by atoms with Crippen molar-refractivity contribution in [2.75, 3.05) is 19.8 Å². The van der Waals surface area contributed by atoms with Crippen LogP contribution in [0.4, 0.5) is 0 Å². The molecule has 0 radical (unpaired) electrons. The fraction of sp³-hybridized carbons (Fsp3) is 0.350. The van der Waals surface area contributed by atoms with Gasteiger partial charge in [-0.25, -0.2) is 0 Å². The van der Waals surface area contributed by atoms with Crippen LogP contribution >= 0.6 is 0 Å². The Balaban J connectivity index is 1.51. The number of fused-ring (bicyclic) bond motifs is 1. The van der Waals surface area contributed by atoms with E-state index in [0.717, 1.165) is 5.56 Å². The molecular weight excluding hydrogens is 318 g/mol. The minimum absolute atomic E-state index is 0.0332. The van der Waals surface area contributed by atoms with E-state index in [1.54, 1.807) is 18.2 Å². The molecule has 1 aliphatic rings. The van der Waals surface area contributed by atoms with Gasteiger partial charge in [0.2, 0.25) is 0 Å². The second kappa shape index (κ2) is 8.14. The summed E-state index contributed by atoms with van der Waals surface area (Å²) < 4.78 is 11.0. The number of benzene rings is 2. The average Bonchev–Trinajstić information content (AvgIpc) is 2.67. The van der Waals surface area contributed by atoms with Crippen molar-refractivity contribution in [3.63, 3.8) is 0 Å². The molecule has 0 bridgehead atoms. The first-order valence-corrected chi connectivity index (χ1v) is 8.54. The number of Topliss-reactive ketones (excluding diaryl/α,β-unsaturated/α-hetero) is 1. The molecule has 2 aromatic carbocycles. The van der Waals surface area contributed by atoms with E-state index >= 15 is 0 Å². The summed E-state index contributed by atoms with van der Waals surface area (Å²) >= 11 is 0. The van der Waals surface area contributed by atoms with E-state index in [1.165, 1.54) is 0 Å². The summed E-state index contributed by atoms with van der Waals surface area (Å²) in [4.78, 5) is 12.4. The summed E-state index contributed by atoms with van der Waals surface area (Å²) in [5.74, 6) is 1.34. The SMILES string of the molecule is CC(NCCC(=O)c1ccc2c(c1)OCCO2)C(O)c1ccccc1. The third-order valence-corrected chi connectivity index (χ3v) is 4.30. The topological polar surface area (TPSA) is 67.8 Å². The maximum absolute atomic E-state index is 12.4. The Bertz CT molecular complexity index is 717. The van der Waals surface area contributed by atoms with Crippen LogP contribution in [0.5, 0.6) is 11.5 Å². The van der Waals surface area contributed by atoms with E-state index in [2.05, 4.69) is 5.32 Å². The first kappa shape index (κ1) is 17.5. The van der Waals surface area contributed by atoms with Crippen molar-refractivity contribution in [3.05, 3.63) is 59.7 Å². The largest absolute Gasteiger partial charge is 0.486 e. The highest BCUT2D eigenvalue weighted by atomic mass is 16.6. The molecule has 5 heteroatoms. The first-order valence-electron chi connectivity index (χ1n) is 8.54. The van der Waals surface area contributed by atoms with Crippen LogP contribution in [0.1, 0.15) is 35.4 Å². The number of rotatable bonds is 7. The fourth-order valence-electron chi connectivity index (χ4n) is 2.83. The predicted molar refractivity (Wildman–Crippen MR) is 95.2 cm³/mol. The molecule has 1 aliphatic heterocycles. The van der Waals surface area contributed by atoms with E-state index in [4.69, 9.17) is 9.47 Å². The molecule has 0 saturated heterocycles. The number of ketones is 1. The lowest BCUT2D eigenvalue weighted by Gasteiger charge is -2.21. The monoisotopic (exact) mass is 341 g/mol. The Morgan fingerprint density at radius 1 is 1.12 bits per heavy atom. The molecule has 25 heavy (non-hydrogen) atoms. The van der Waals surface area contributed by atoms with Gasteiger partial charge in [0.15, 0.2) is 17.3 Å². The summed E-state index contributed by atoms with van der Waals surface area (Å²) in [6, 6.07) is 14.6. The van der Waals surface area contributed by atoms with Gasteiger partial charge in [-0.15, -0.1) is 0 Å². The third-order valence-electron chi connectivity index (χ3n) is 4.30. The van der Waals surface area contributed by atoms with Gasteiger partial charge in [-0.3, -0.25) is 4.79 Å². The lowest BCUT2D eigenvalue weighted by Crippen LogP contribution is -2.33.